The summed E-state index contributed by atoms with van der Waals surface area (Å²) in [5, 5.41) is 3.87. The topological polar surface area (TPSA) is 121 Å². The lowest BCUT2D eigenvalue weighted by atomic mass is 10.1. The van der Waals surface area contributed by atoms with Crippen LogP contribution in [0.4, 0.5) is 11.4 Å². The number of carbonyl (C=O) groups is 1. The summed E-state index contributed by atoms with van der Waals surface area (Å²) < 4.78 is 53.8. The predicted molar refractivity (Wildman–Crippen MR) is 130 cm³/mol. The van der Waals surface area contributed by atoms with Gasteiger partial charge < -0.3 is 29.0 Å². The molecule has 0 saturated heterocycles. The minimum atomic E-state index is -3.91. The minimum Gasteiger partial charge on any atom is -0.496 e. The van der Waals surface area contributed by atoms with E-state index in [0.717, 1.165) is 5.41 Å². The molecule has 0 bridgehead atoms. The van der Waals surface area contributed by atoms with Crippen molar-refractivity contribution in [2.45, 2.75) is 6.92 Å². The Morgan fingerprint density at radius 2 is 1.59 bits per heavy atom. The average Bonchev–Trinajstić information content (AvgIpc) is 2.82. The Bertz CT molecular complexity index is 1130. The number of nitrogens with one attached hydrogen (secondary N) is 2. The van der Waals surface area contributed by atoms with Gasteiger partial charge in [0.25, 0.3) is 10.0 Å². The van der Waals surface area contributed by atoms with E-state index in [0.29, 0.717) is 34.2 Å². The number of sulfonamides is 1. The molecule has 2 N–H and O–H groups in total. The van der Waals surface area contributed by atoms with Gasteiger partial charge in [0.1, 0.15) is 23.0 Å². The zero-order valence-electron chi connectivity index (χ0n) is 19.6. The van der Waals surface area contributed by atoms with Gasteiger partial charge in [-0.05, 0) is 31.2 Å². The van der Waals surface area contributed by atoms with Gasteiger partial charge in [-0.25, -0.2) is 13.2 Å². The van der Waals surface area contributed by atoms with Gasteiger partial charge in [0.15, 0.2) is 0 Å². The molecule has 2 aromatic carbocycles. The molecule has 0 aliphatic carbocycles. The van der Waals surface area contributed by atoms with Crippen molar-refractivity contribution in [1.82, 2.24) is 0 Å². The summed E-state index contributed by atoms with van der Waals surface area (Å²) in [6, 6.07) is 7.88. The maximum Gasteiger partial charge on any atom is 0.332 e. The van der Waals surface area contributed by atoms with Crippen LogP contribution in [-0.4, -0.2) is 49.4 Å². The molecule has 2 aromatic rings. The first-order valence-corrected chi connectivity index (χ1v) is 11.6. The lowest BCUT2D eigenvalue weighted by Gasteiger charge is -2.13. The van der Waals surface area contributed by atoms with Crippen LogP contribution in [0.15, 0.2) is 48.0 Å². The van der Waals surface area contributed by atoms with Crippen molar-refractivity contribution >= 4 is 33.4 Å². The van der Waals surface area contributed by atoms with Crippen molar-refractivity contribution in [2.24, 2.45) is 0 Å². The van der Waals surface area contributed by atoms with E-state index in [1.54, 1.807) is 31.2 Å². The second-order valence-electron chi connectivity index (χ2n) is 6.54. The highest BCUT2D eigenvalue weighted by Crippen LogP contribution is 2.35. The van der Waals surface area contributed by atoms with Gasteiger partial charge in [0, 0.05) is 24.4 Å². The summed E-state index contributed by atoms with van der Waals surface area (Å²) in [6.07, 6.45) is 3.94. The predicted octanol–water partition coefficient (Wildman–Crippen LogP) is 3.62. The van der Waals surface area contributed by atoms with E-state index in [9.17, 15) is 13.2 Å². The molecule has 0 aliphatic rings. The Labute approximate surface area is 199 Å². The van der Waals surface area contributed by atoms with E-state index in [2.05, 4.69) is 10.0 Å². The van der Waals surface area contributed by atoms with Crippen molar-refractivity contribution in [1.29, 1.82) is 0 Å². The van der Waals surface area contributed by atoms with Crippen molar-refractivity contribution in [3.05, 3.63) is 53.6 Å². The fourth-order valence-corrected chi connectivity index (χ4v) is 3.67. The molecule has 0 radical (unpaired) electrons. The van der Waals surface area contributed by atoms with Crippen molar-refractivity contribution in [3.63, 3.8) is 0 Å². The molecule has 0 aromatic heterocycles. The molecule has 34 heavy (non-hydrogen) atoms. The van der Waals surface area contributed by atoms with E-state index in [4.69, 9.17) is 23.7 Å². The van der Waals surface area contributed by atoms with Crippen LogP contribution in [0.1, 0.15) is 12.5 Å². The summed E-state index contributed by atoms with van der Waals surface area (Å²) >= 11 is 0. The second kappa shape index (κ2) is 12.4. The van der Waals surface area contributed by atoms with Crippen LogP contribution in [0.25, 0.3) is 6.08 Å². The molecule has 184 valence electrons. The number of anilines is 2. The van der Waals surface area contributed by atoms with Crippen molar-refractivity contribution < 1.29 is 36.9 Å². The van der Waals surface area contributed by atoms with Crippen LogP contribution < -0.4 is 29.0 Å². The summed E-state index contributed by atoms with van der Waals surface area (Å²) in [4.78, 5) is 11.5. The fraction of sp³-hybridized carbons (Fsp3) is 0.261. The Balaban J connectivity index is 2.26. The standard InChI is InChI=1S/C23H28N2O8S/c1-6-33-23(26)9-11-24-19-13-16(7-8-20(19)30-3)25-34(27,28)12-10-18-21(31-4)14-17(29-2)15-22(18)32-5/h7-15,24-25H,6H2,1-5H3/b11-9+,12-10+. The van der Waals surface area contributed by atoms with Crippen LogP contribution in [-0.2, 0) is 19.6 Å². The molecule has 0 aliphatic heterocycles. The van der Waals surface area contributed by atoms with E-state index in [-0.39, 0.29) is 12.3 Å². The van der Waals surface area contributed by atoms with Gasteiger partial charge in [-0.2, -0.15) is 0 Å². The van der Waals surface area contributed by atoms with E-state index in [1.807, 2.05) is 0 Å². The summed E-state index contributed by atoms with van der Waals surface area (Å²) in [7, 11) is 1.98. The third kappa shape index (κ3) is 7.34. The lowest BCUT2D eigenvalue weighted by Crippen LogP contribution is -2.09. The number of carbonyl (C=O) groups excluding carboxylic acids is 1. The molecule has 0 fully saturated rings. The monoisotopic (exact) mass is 492 g/mol. The third-order valence-electron chi connectivity index (χ3n) is 4.37. The Morgan fingerprint density at radius 1 is 0.941 bits per heavy atom. The van der Waals surface area contributed by atoms with Crippen molar-refractivity contribution in [2.75, 3.05) is 45.1 Å². The molecular formula is C23H28N2O8S. The van der Waals surface area contributed by atoms with Crippen LogP contribution in [0.5, 0.6) is 23.0 Å². The molecule has 0 saturated carbocycles. The normalized spacial score (nSPS) is 11.3. The quantitative estimate of drug-likeness (QED) is 0.338. The average molecular weight is 493 g/mol. The first kappa shape index (κ1) is 26.4. The van der Waals surface area contributed by atoms with E-state index >= 15 is 0 Å². The van der Waals surface area contributed by atoms with Crippen LogP contribution in [0.2, 0.25) is 0 Å². The van der Waals surface area contributed by atoms with Crippen LogP contribution in [0, 0.1) is 0 Å². The molecule has 11 heteroatoms. The molecule has 0 atom stereocenters. The smallest absolute Gasteiger partial charge is 0.332 e. The number of esters is 1. The fourth-order valence-electron chi connectivity index (χ4n) is 2.83. The highest BCUT2D eigenvalue weighted by molar-refractivity contribution is 7.95. The Morgan fingerprint density at radius 3 is 2.15 bits per heavy atom. The van der Waals surface area contributed by atoms with Crippen LogP contribution in [0.3, 0.4) is 0 Å². The Hall–Kier alpha value is -3.86. The third-order valence-corrected chi connectivity index (χ3v) is 5.39. The van der Waals surface area contributed by atoms with Crippen LogP contribution >= 0.6 is 0 Å². The van der Waals surface area contributed by atoms with Gasteiger partial charge in [0.2, 0.25) is 0 Å². The molecule has 0 spiro atoms. The maximum absolute atomic E-state index is 12.7. The zero-order valence-corrected chi connectivity index (χ0v) is 20.4. The van der Waals surface area contributed by atoms with E-state index in [1.165, 1.54) is 52.9 Å². The molecule has 0 amide bonds. The number of hydrogen-bond donors (Lipinski definition) is 2. The summed E-state index contributed by atoms with van der Waals surface area (Å²) in [5.41, 5.74) is 1.13. The van der Waals surface area contributed by atoms with Gasteiger partial charge >= 0.3 is 5.97 Å². The highest BCUT2D eigenvalue weighted by Gasteiger charge is 2.14. The van der Waals surface area contributed by atoms with Gasteiger partial charge in [0.05, 0.1) is 57.4 Å². The molecule has 10 nitrogen and oxygen atoms in total. The molecule has 0 heterocycles. The number of methoxy groups -OCH3 is 4. The van der Waals surface area contributed by atoms with Gasteiger partial charge in [-0.15, -0.1) is 0 Å². The largest absolute Gasteiger partial charge is 0.496 e. The Kier molecular flexibility index (Phi) is 9.62. The van der Waals surface area contributed by atoms with Gasteiger partial charge in [-0.3, -0.25) is 4.72 Å². The summed E-state index contributed by atoms with van der Waals surface area (Å²) in [6.45, 7) is 1.96. The first-order valence-electron chi connectivity index (χ1n) is 10.1. The second-order valence-corrected chi connectivity index (χ2v) is 8.11. The minimum absolute atomic E-state index is 0.256. The summed E-state index contributed by atoms with van der Waals surface area (Å²) in [5.74, 6) is 1.20. The molecular weight excluding hydrogens is 464 g/mol. The van der Waals surface area contributed by atoms with Gasteiger partial charge in [-0.1, -0.05) is 0 Å². The van der Waals surface area contributed by atoms with E-state index < -0.39 is 16.0 Å². The lowest BCUT2D eigenvalue weighted by molar-refractivity contribution is -0.137. The maximum atomic E-state index is 12.7. The molecule has 0 unspecified atom stereocenters. The number of hydrogen-bond acceptors (Lipinski definition) is 9. The molecule has 2 rings (SSSR count). The first-order chi connectivity index (χ1) is 16.3. The van der Waals surface area contributed by atoms with Crippen molar-refractivity contribution in [3.8, 4) is 23.0 Å². The SMILES string of the molecule is CCOC(=O)/C=C/Nc1cc(NS(=O)(=O)/C=C/c2c(OC)cc(OC)cc2OC)ccc1OC. The number of benzene rings is 2. The number of ether oxygens (including phenoxy) is 5. The zero-order chi connectivity index (χ0) is 25.1. The highest BCUT2D eigenvalue weighted by atomic mass is 32.2. The number of rotatable bonds is 12.